The molecular weight excluding hydrogens is 913 g/mol. The van der Waals surface area contributed by atoms with Gasteiger partial charge in [-0.1, -0.05) is 27.7 Å². The minimum atomic E-state index is 0. The molecule has 0 bridgehead atoms. The number of rotatable bonds is 6. The van der Waals surface area contributed by atoms with Crippen LogP contribution < -0.4 is 32.1 Å². The third kappa shape index (κ3) is 8.41. The minimum absolute atomic E-state index is 0. The van der Waals surface area contributed by atoms with Crippen LogP contribution in [0.25, 0.3) is 0 Å². The molecule has 5 radical (unpaired) electrons. The van der Waals surface area contributed by atoms with Crippen molar-refractivity contribution in [3.8, 4) is 0 Å². The topological polar surface area (TPSA) is 74.2 Å². The maximum absolute atomic E-state index is 4.85. The van der Waals surface area contributed by atoms with Crippen LogP contribution in [0.3, 0.4) is 0 Å². The molecule has 0 aliphatic carbocycles. The molecule has 3 aliphatic heterocycles. The second kappa shape index (κ2) is 18.1. The first kappa shape index (κ1) is 43.0. The number of benzene rings is 3. The predicted molar refractivity (Wildman–Crippen MR) is 146 cm³/mol. The van der Waals surface area contributed by atoms with E-state index < -0.39 is 0 Å². The van der Waals surface area contributed by atoms with Gasteiger partial charge in [0.2, 0.25) is 0 Å². The van der Waals surface area contributed by atoms with Gasteiger partial charge in [-0.25, -0.2) is 0 Å². The van der Waals surface area contributed by atoms with Gasteiger partial charge in [0, 0.05) is 164 Å². The summed E-state index contributed by atoms with van der Waals surface area (Å²) in [6.07, 6.45) is 2.61. The van der Waals surface area contributed by atoms with Crippen LogP contribution in [-0.4, -0.2) is 20.0 Å². The number of aryl methyl sites for hydroxylation is 2. The first-order valence-corrected chi connectivity index (χ1v) is 13.5. The zero-order valence-corrected chi connectivity index (χ0v) is 40.6. The van der Waals surface area contributed by atoms with E-state index >= 15 is 0 Å². The smallest absolute Gasteiger partial charge is 0.130 e. The Labute approximate surface area is 380 Å². The molecule has 3 aliphatic rings. The van der Waals surface area contributed by atoms with Gasteiger partial charge in [-0.05, 0) is 89.6 Å². The molecule has 11 heteroatoms. The van der Waals surface area contributed by atoms with E-state index in [2.05, 4.69) is 60.6 Å². The Bertz CT molecular complexity index is 1830. The van der Waals surface area contributed by atoms with Crippen molar-refractivity contribution in [1.82, 2.24) is 0 Å². The van der Waals surface area contributed by atoms with Gasteiger partial charge < -0.3 is 9.98 Å². The minimum Gasteiger partial charge on any atom is -0.325 e. The largest absolute Gasteiger partial charge is 0.325 e. The van der Waals surface area contributed by atoms with Crippen molar-refractivity contribution >= 4 is 0 Å². The van der Waals surface area contributed by atoms with E-state index in [-0.39, 0.29) is 169 Å². The van der Waals surface area contributed by atoms with Crippen molar-refractivity contribution < 1.29 is 164 Å². The van der Waals surface area contributed by atoms with Crippen molar-refractivity contribution in [3.05, 3.63) is 99.9 Å². The normalized spacial score (nSPS) is 12.9. The maximum atomic E-state index is 4.85. The molecule has 6 nitrogen and oxygen atoms in total. The van der Waals surface area contributed by atoms with E-state index in [0.717, 1.165) is 73.7 Å². The Morgan fingerprint density at radius 1 is 0.442 bits per heavy atom. The molecule has 0 unspecified atom stereocenters. The first-order chi connectivity index (χ1) is 18.2. The van der Waals surface area contributed by atoms with Crippen LogP contribution in [0.2, 0.25) is 0 Å². The summed E-state index contributed by atoms with van der Waals surface area (Å²) >= 11 is 0. The van der Waals surface area contributed by atoms with Crippen molar-refractivity contribution in [3.63, 3.8) is 0 Å². The van der Waals surface area contributed by atoms with Gasteiger partial charge in [0.1, 0.15) is 20.0 Å². The fourth-order valence-electron chi connectivity index (χ4n) is 6.19. The number of fused-ring (bicyclic) bond motifs is 3. The van der Waals surface area contributed by atoms with E-state index in [9.17, 15) is 0 Å². The van der Waals surface area contributed by atoms with Gasteiger partial charge in [-0.15, -0.1) is 22.3 Å². The van der Waals surface area contributed by atoms with Crippen LogP contribution in [0.4, 0.5) is 0 Å². The summed E-state index contributed by atoms with van der Waals surface area (Å²) in [6.45, 7) is 16.7. The van der Waals surface area contributed by atoms with Crippen molar-refractivity contribution in [2.45, 2.75) is 67.7 Å². The Hall–Kier alpha value is 1.98. The van der Waals surface area contributed by atoms with Gasteiger partial charge in [0.25, 0.3) is 0 Å². The summed E-state index contributed by atoms with van der Waals surface area (Å²) in [5.41, 5.74) is 12.2. The van der Waals surface area contributed by atoms with Gasteiger partial charge >= 0.3 is 0 Å². The molecule has 0 spiro atoms. The van der Waals surface area contributed by atoms with E-state index in [1.54, 1.807) is 0 Å². The summed E-state index contributed by atoms with van der Waals surface area (Å²) in [5.74, 6) is 0.284. The molecule has 0 saturated heterocycles. The average molecular weight is 947 g/mol. The molecule has 3 heterocycles. The Balaban J connectivity index is 0.00000185. The Morgan fingerprint density at radius 3 is 1.26 bits per heavy atom. The summed E-state index contributed by atoms with van der Waals surface area (Å²) < 4.78 is 0. The predicted octanol–water partition coefficient (Wildman–Crippen LogP) is 1.71. The Morgan fingerprint density at radius 2 is 0.814 bits per heavy atom. The van der Waals surface area contributed by atoms with E-state index in [0.29, 0.717) is 20.0 Å². The Kier molecular flexibility index (Phi) is 18.1. The summed E-state index contributed by atoms with van der Waals surface area (Å²) in [5, 5.41) is 6.28. The van der Waals surface area contributed by atoms with Crippen molar-refractivity contribution in [2.24, 2.45) is 35.9 Å². The fraction of sp³-hybridized carbons (Fsp3) is 0.438. The zero-order chi connectivity index (χ0) is 26.7. The van der Waals surface area contributed by atoms with Gasteiger partial charge in [-0.2, -0.15) is 23.3 Å². The molecule has 209 valence electrons. The van der Waals surface area contributed by atoms with Crippen LogP contribution in [-0.2, 0) is 183 Å². The van der Waals surface area contributed by atoms with E-state index in [1.807, 2.05) is 0 Å². The van der Waals surface area contributed by atoms with Crippen LogP contribution in [0.1, 0.15) is 55.6 Å². The summed E-state index contributed by atoms with van der Waals surface area (Å²) in [6, 6.07) is 7.38. The second-order valence-corrected chi connectivity index (χ2v) is 11.0. The fourth-order valence-corrected chi connectivity index (χ4v) is 6.19. The molecule has 3 aromatic rings. The molecule has 0 fully saturated rings. The standard InChI is InChI=1S/C32H34N6.5Y/c1-16-8-24(30-27(18(16)3)33-13-36-30)10-23(11-25-9-17(2)19(4)28-31(25)37-14-34-28)12-26-21(6)20(5)22(7)29-32(26)38-15-35-29;;;;;/h23H,10-15H2,1-7H3;;;;;/q-2;;;;;. The number of hydrogen-bond acceptors (Lipinski definition) is 6. The van der Waals surface area contributed by atoms with Crippen LogP contribution in [0.5, 0.6) is 0 Å². The molecule has 0 N–H and O–H groups in total. The third-order valence-corrected chi connectivity index (χ3v) is 8.83. The first-order valence-electron chi connectivity index (χ1n) is 13.5. The summed E-state index contributed by atoms with van der Waals surface area (Å²) in [7, 11) is 0. The maximum Gasteiger partial charge on any atom is 0.130 e. The number of nitrogens with zero attached hydrogens (tertiary/aromatic N) is 6. The van der Waals surface area contributed by atoms with Crippen LogP contribution in [0.15, 0.2) is 30.0 Å². The zero-order valence-electron chi connectivity index (χ0n) is 26.4. The van der Waals surface area contributed by atoms with E-state index in [4.69, 9.17) is 30.0 Å². The molecule has 0 saturated carbocycles. The average Bonchev–Trinajstić information content (AvgIpc) is 3.67. The monoisotopic (exact) mass is 947 g/mol. The van der Waals surface area contributed by atoms with Gasteiger partial charge in [0.15, 0.2) is 0 Å². The molecule has 0 atom stereocenters. The summed E-state index contributed by atoms with van der Waals surface area (Å²) in [4.78, 5) is 28.5. The van der Waals surface area contributed by atoms with Crippen molar-refractivity contribution in [1.29, 1.82) is 0 Å². The van der Waals surface area contributed by atoms with Crippen LogP contribution in [0, 0.1) is 66.5 Å². The molecule has 43 heavy (non-hydrogen) atoms. The van der Waals surface area contributed by atoms with Crippen LogP contribution >= 0.6 is 0 Å². The van der Waals surface area contributed by atoms with Crippen molar-refractivity contribution in [2.75, 3.05) is 20.0 Å². The molecule has 0 amide bonds. The van der Waals surface area contributed by atoms with Gasteiger partial charge in [0.05, 0.1) is 10.7 Å². The van der Waals surface area contributed by atoms with Gasteiger partial charge in [-0.3, -0.25) is 20.0 Å². The second-order valence-electron chi connectivity index (χ2n) is 11.0. The molecule has 3 aromatic carbocycles. The SMILES string of the molecule is Cc1[c-]c(CC(Cc2[c-]c(C)c(C)c3c2=NCN=3)Cc2c(C)c(C)c(C)c3c2=NCN=3)c2c(c1C)=NCN=2.[Y].[Y].[Y].[Y].[Y]. The quantitative estimate of drug-likeness (QED) is 0.339. The van der Waals surface area contributed by atoms with E-state index in [1.165, 1.54) is 33.4 Å². The number of hydrogen-bond donors (Lipinski definition) is 0. The molecule has 0 aromatic heterocycles. The molecular formula is C32H34N6Y5-2. The third-order valence-electron chi connectivity index (χ3n) is 8.83. The molecule has 6 rings (SSSR count).